The Balaban J connectivity index is 1.66. The van der Waals surface area contributed by atoms with Crippen LogP contribution in [0.4, 0.5) is 5.69 Å². The van der Waals surface area contributed by atoms with Crippen LogP contribution in [0.25, 0.3) is 0 Å². The smallest absolute Gasteiger partial charge is 0.163 e. The molecule has 0 radical (unpaired) electrons. The fraction of sp³-hybridized carbons (Fsp3) is 0.571. The zero-order valence-corrected chi connectivity index (χ0v) is 11.6. The summed E-state index contributed by atoms with van der Waals surface area (Å²) < 4.78 is 11.1. The highest BCUT2D eigenvalue weighted by Crippen LogP contribution is 2.37. The molecule has 2 heterocycles. The van der Waals surface area contributed by atoms with Crippen LogP contribution in [0, 0.1) is 0 Å². The Kier molecular flexibility index (Phi) is 3.99. The van der Waals surface area contributed by atoms with Crippen molar-refractivity contribution in [3.63, 3.8) is 0 Å². The van der Waals surface area contributed by atoms with Gasteiger partial charge < -0.3 is 20.1 Å². The molecule has 2 aliphatic rings. The summed E-state index contributed by atoms with van der Waals surface area (Å²) in [6.45, 7) is 3.18. The molecule has 5 heteroatoms. The minimum Gasteiger partial charge on any atom is -0.486 e. The van der Waals surface area contributed by atoms with E-state index >= 15 is 0 Å². The number of hydrogen-bond acceptors (Lipinski definition) is 4. The quantitative estimate of drug-likeness (QED) is 0.894. The van der Waals surface area contributed by atoms with Crippen molar-refractivity contribution in [2.24, 2.45) is 0 Å². The average Bonchev–Trinajstić information content (AvgIpc) is 2.46. The van der Waals surface area contributed by atoms with Gasteiger partial charge >= 0.3 is 0 Å². The molecular formula is C14H19ClN2O2. The molecule has 0 aromatic heterocycles. The minimum atomic E-state index is 0.526. The van der Waals surface area contributed by atoms with Crippen LogP contribution in [0.1, 0.15) is 19.3 Å². The van der Waals surface area contributed by atoms with Crippen LogP contribution in [-0.4, -0.2) is 32.3 Å². The lowest BCUT2D eigenvalue weighted by molar-refractivity contribution is 0.171. The second-order valence-corrected chi connectivity index (χ2v) is 5.41. The van der Waals surface area contributed by atoms with Crippen molar-refractivity contribution in [3.05, 3.63) is 17.2 Å². The largest absolute Gasteiger partial charge is 0.486 e. The molecule has 1 fully saturated rings. The van der Waals surface area contributed by atoms with Crippen molar-refractivity contribution >= 4 is 17.3 Å². The van der Waals surface area contributed by atoms with Crippen molar-refractivity contribution in [2.75, 3.05) is 31.6 Å². The Morgan fingerprint density at radius 3 is 2.74 bits per heavy atom. The Labute approximate surface area is 118 Å². The monoisotopic (exact) mass is 282 g/mol. The van der Waals surface area contributed by atoms with Gasteiger partial charge in [-0.25, -0.2) is 0 Å². The first kappa shape index (κ1) is 12.9. The van der Waals surface area contributed by atoms with Crippen molar-refractivity contribution in [1.29, 1.82) is 0 Å². The van der Waals surface area contributed by atoms with E-state index in [0.717, 1.165) is 30.3 Å². The highest BCUT2D eigenvalue weighted by Gasteiger charge is 2.16. The summed E-state index contributed by atoms with van der Waals surface area (Å²) >= 11 is 6.26. The van der Waals surface area contributed by atoms with Gasteiger partial charge in [0, 0.05) is 24.7 Å². The first-order valence-electron chi connectivity index (χ1n) is 6.89. The van der Waals surface area contributed by atoms with Crippen molar-refractivity contribution in [2.45, 2.75) is 25.3 Å². The number of piperidine rings is 1. The van der Waals surface area contributed by atoms with Crippen molar-refractivity contribution in [1.82, 2.24) is 5.32 Å². The summed E-state index contributed by atoms with van der Waals surface area (Å²) in [5.41, 5.74) is 0.915. The van der Waals surface area contributed by atoms with Gasteiger partial charge in [-0.15, -0.1) is 0 Å². The first-order chi connectivity index (χ1) is 9.33. The van der Waals surface area contributed by atoms with E-state index in [1.54, 1.807) is 0 Å². The van der Waals surface area contributed by atoms with Gasteiger partial charge in [0.25, 0.3) is 0 Å². The molecule has 1 aromatic rings. The van der Waals surface area contributed by atoms with Gasteiger partial charge in [-0.3, -0.25) is 0 Å². The van der Waals surface area contributed by atoms with Crippen LogP contribution in [-0.2, 0) is 0 Å². The number of fused-ring (bicyclic) bond motifs is 1. The van der Waals surface area contributed by atoms with E-state index in [1.807, 2.05) is 12.1 Å². The van der Waals surface area contributed by atoms with E-state index in [-0.39, 0.29) is 0 Å². The summed E-state index contributed by atoms with van der Waals surface area (Å²) in [5, 5.41) is 7.59. The summed E-state index contributed by atoms with van der Waals surface area (Å²) in [4.78, 5) is 0. The van der Waals surface area contributed by atoms with Gasteiger partial charge in [0.15, 0.2) is 11.5 Å². The molecule has 2 N–H and O–H groups in total. The highest BCUT2D eigenvalue weighted by molar-refractivity contribution is 6.33. The second-order valence-electron chi connectivity index (χ2n) is 5.00. The van der Waals surface area contributed by atoms with Crippen molar-refractivity contribution < 1.29 is 9.47 Å². The summed E-state index contributed by atoms with van der Waals surface area (Å²) in [5.74, 6) is 1.51. The number of halogens is 1. The maximum Gasteiger partial charge on any atom is 0.163 e. The zero-order valence-electron chi connectivity index (χ0n) is 10.9. The Morgan fingerprint density at radius 1 is 1.21 bits per heavy atom. The molecule has 19 heavy (non-hydrogen) atoms. The third-order valence-corrected chi connectivity index (χ3v) is 3.90. The van der Waals surface area contributed by atoms with Crippen LogP contribution in [0.3, 0.4) is 0 Å². The fourth-order valence-electron chi connectivity index (χ4n) is 2.53. The second kappa shape index (κ2) is 5.88. The molecule has 0 amide bonds. The Bertz CT molecular complexity index is 447. The molecule has 1 unspecified atom stereocenters. The number of nitrogens with one attached hydrogen (secondary N) is 2. The van der Waals surface area contributed by atoms with E-state index in [1.165, 1.54) is 19.3 Å². The summed E-state index contributed by atoms with van der Waals surface area (Å²) in [7, 11) is 0. The molecule has 0 spiro atoms. The SMILES string of the molecule is Clc1cc2c(cc1NCC1CCCCN1)OCCO2. The van der Waals surface area contributed by atoms with Crippen LogP contribution in [0.5, 0.6) is 11.5 Å². The molecule has 0 saturated carbocycles. The molecule has 2 aliphatic heterocycles. The van der Waals surface area contributed by atoms with Gasteiger partial charge in [-0.2, -0.15) is 0 Å². The van der Waals surface area contributed by atoms with Gasteiger partial charge in [0.1, 0.15) is 13.2 Å². The highest BCUT2D eigenvalue weighted by atomic mass is 35.5. The van der Waals surface area contributed by atoms with E-state index in [0.29, 0.717) is 24.3 Å². The molecule has 1 aromatic carbocycles. The van der Waals surface area contributed by atoms with Gasteiger partial charge in [-0.05, 0) is 19.4 Å². The van der Waals surface area contributed by atoms with Crippen LogP contribution in [0.2, 0.25) is 5.02 Å². The number of hydrogen-bond donors (Lipinski definition) is 2. The third kappa shape index (κ3) is 3.07. The van der Waals surface area contributed by atoms with Gasteiger partial charge in [-0.1, -0.05) is 18.0 Å². The molecular weight excluding hydrogens is 264 g/mol. The molecule has 4 nitrogen and oxygen atoms in total. The number of benzene rings is 1. The maximum atomic E-state index is 6.26. The predicted molar refractivity (Wildman–Crippen MR) is 76.6 cm³/mol. The molecule has 1 saturated heterocycles. The zero-order chi connectivity index (χ0) is 13.1. The van der Waals surface area contributed by atoms with Crippen LogP contribution in [0.15, 0.2) is 12.1 Å². The normalized spacial score (nSPS) is 22.1. The standard InChI is InChI=1S/C14H19ClN2O2/c15-11-7-13-14(19-6-5-18-13)8-12(11)17-9-10-3-1-2-4-16-10/h7-8,10,16-17H,1-6,9H2. The summed E-state index contributed by atoms with van der Waals surface area (Å²) in [6, 6.07) is 4.28. The molecule has 0 bridgehead atoms. The predicted octanol–water partition coefficient (Wildman–Crippen LogP) is 2.67. The molecule has 3 rings (SSSR count). The number of anilines is 1. The lowest BCUT2D eigenvalue weighted by atomic mass is 10.1. The lowest BCUT2D eigenvalue weighted by Crippen LogP contribution is -2.39. The van der Waals surface area contributed by atoms with E-state index < -0.39 is 0 Å². The van der Waals surface area contributed by atoms with E-state index in [2.05, 4.69) is 10.6 Å². The Hall–Kier alpha value is -1.13. The fourth-order valence-corrected chi connectivity index (χ4v) is 2.75. The molecule has 104 valence electrons. The Morgan fingerprint density at radius 2 is 2.00 bits per heavy atom. The lowest BCUT2D eigenvalue weighted by Gasteiger charge is -2.25. The average molecular weight is 283 g/mol. The van der Waals surface area contributed by atoms with E-state index in [9.17, 15) is 0 Å². The first-order valence-corrected chi connectivity index (χ1v) is 7.27. The number of ether oxygens (including phenoxy) is 2. The van der Waals surface area contributed by atoms with E-state index in [4.69, 9.17) is 21.1 Å². The molecule has 1 atom stereocenters. The topological polar surface area (TPSA) is 42.5 Å². The molecule has 0 aliphatic carbocycles. The van der Waals surface area contributed by atoms with Gasteiger partial charge in [0.05, 0.1) is 10.7 Å². The third-order valence-electron chi connectivity index (χ3n) is 3.58. The maximum absolute atomic E-state index is 6.26. The minimum absolute atomic E-state index is 0.526. The van der Waals surface area contributed by atoms with Crippen LogP contribution >= 0.6 is 11.6 Å². The summed E-state index contributed by atoms with van der Waals surface area (Å²) in [6.07, 6.45) is 3.80. The van der Waals surface area contributed by atoms with Crippen LogP contribution < -0.4 is 20.1 Å². The van der Waals surface area contributed by atoms with Crippen molar-refractivity contribution in [3.8, 4) is 11.5 Å². The number of rotatable bonds is 3. The van der Waals surface area contributed by atoms with Gasteiger partial charge in [0.2, 0.25) is 0 Å².